The fraction of sp³-hybridized carbons (Fsp3) is 0.583. The van der Waals surface area contributed by atoms with Gasteiger partial charge in [-0.25, -0.2) is 0 Å². The quantitative estimate of drug-likeness (QED) is 0.807. The highest BCUT2D eigenvalue weighted by molar-refractivity contribution is 5.44. The Morgan fingerprint density at radius 1 is 1.27 bits per heavy atom. The highest BCUT2D eigenvalue weighted by atomic mass is 16.3. The minimum atomic E-state index is -0.434. The number of nitrogens with zero attached hydrogens (tertiary/aromatic N) is 2. The first-order valence-electron chi connectivity index (χ1n) is 5.61. The minimum Gasteiger partial charge on any atom is -0.387 e. The predicted molar refractivity (Wildman–Crippen MR) is 63.0 cm³/mol. The SMILES string of the molecule is CCC(O)c1ccc(N(CC)CC)cn1. The van der Waals surface area contributed by atoms with Crippen LogP contribution in [0.1, 0.15) is 39.0 Å². The van der Waals surface area contributed by atoms with Gasteiger partial charge in [0.1, 0.15) is 0 Å². The molecular formula is C12H20N2O. The summed E-state index contributed by atoms with van der Waals surface area (Å²) >= 11 is 0. The second-order valence-corrected chi connectivity index (χ2v) is 3.54. The van der Waals surface area contributed by atoms with Gasteiger partial charge in [-0.05, 0) is 32.4 Å². The standard InChI is InChI=1S/C12H20N2O/c1-4-12(15)11-8-7-10(9-13-11)14(5-2)6-3/h7-9,12,15H,4-6H2,1-3H3. The summed E-state index contributed by atoms with van der Waals surface area (Å²) in [6, 6.07) is 3.93. The molecule has 1 unspecified atom stereocenters. The van der Waals surface area contributed by atoms with E-state index in [1.807, 2.05) is 25.3 Å². The van der Waals surface area contributed by atoms with Crippen molar-refractivity contribution in [2.24, 2.45) is 0 Å². The van der Waals surface area contributed by atoms with Crippen LogP contribution in [-0.2, 0) is 0 Å². The molecule has 1 aromatic rings. The fourth-order valence-electron chi connectivity index (χ4n) is 1.58. The van der Waals surface area contributed by atoms with Gasteiger partial charge in [0.05, 0.1) is 23.7 Å². The number of rotatable bonds is 5. The van der Waals surface area contributed by atoms with Gasteiger partial charge in [0.15, 0.2) is 0 Å². The lowest BCUT2D eigenvalue weighted by atomic mass is 10.2. The topological polar surface area (TPSA) is 36.4 Å². The molecule has 0 aliphatic heterocycles. The lowest BCUT2D eigenvalue weighted by molar-refractivity contribution is 0.169. The Hall–Kier alpha value is -1.09. The zero-order valence-electron chi connectivity index (χ0n) is 9.77. The van der Waals surface area contributed by atoms with Crippen LogP contribution < -0.4 is 4.90 Å². The maximum atomic E-state index is 9.60. The molecule has 0 bridgehead atoms. The van der Waals surface area contributed by atoms with Gasteiger partial charge in [-0.3, -0.25) is 4.98 Å². The second-order valence-electron chi connectivity index (χ2n) is 3.54. The molecule has 0 aliphatic rings. The minimum absolute atomic E-state index is 0.434. The average Bonchev–Trinajstić information content (AvgIpc) is 2.30. The van der Waals surface area contributed by atoms with Gasteiger partial charge < -0.3 is 10.0 Å². The molecule has 0 saturated heterocycles. The van der Waals surface area contributed by atoms with Gasteiger partial charge in [-0.2, -0.15) is 0 Å². The number of anilines is 1. The Bertz CT molecular complexity index is 280. The third-order valence-corrected chi connectivity index (χ3v) is 2.63. The zero-order valence-corrected chi connectivity index (χ0v) is 9.77. The number of aliphatic hydroxyl groups is 1. The Labute approximate surface area is 91.8 Å². The first-order valence-corrected chi connectivity index (χ1v) is 5.61. The van der Waals surface area contributed by atoms with Gasteiger partial charge >= 0.3 is 0 Å². The van der Waals surface area contributed by atoms with Crippen molar-refractivity contribution in [1.82, 2.24) is 4.98 Å². The molecule has 0 aromatic carbocycles. The number of hydrogen-bond donors (Lipinski definition) is 1. The van der Waals surface area contributed by atoms with Gasteiger partial charge in [0.25, 0.3) is 0 Å². The maximum absolute atomic E-state index is 9.60. The molecular weight excluding hydrogens is 188 g/mol. The van der Waals surface area contributed by atoms with E-state index >= 15 is 0 Å². The predicted octanol–water partition coefficient (Wildman–Crippen LogP) is 2.37. The Morgan fingerprint density at radius 2 is 1.93 bits per heavy atom. The van der Waals surface area contributed by atoms with Crippen molar-refractivity contribution >= 4 is 5.69 Å². The van der Waals surface area contributed by atoms with Crippen LogP contribution in [0.3, 0.4) is 0 Å². The first-order chi connectivity index (χ1) is 7.22. The molecule has 1 heterocycles. The van der Waals surface area contributed by atoms with Crippen molar-refractivity contribution in [2.75, 3.05) is 18.0 Å². The summed E-state index contributed by atoms with van der Waals surface area (Å²) in [6.07, 6.45) is 2.11. The van der Waals surface area contributed by atoms with Gasteiger partial charge in [-0.15, -0.1) is 0 Å². The van der Waals surface area contributed by atoms with E-state index in [1.165, 1.54) is 0 Å². The molecule has 0 saturated carbocycles. The summed E-state index contributed by atoms with van der Waals surface area (Å²) in [7, 11) is 0. The van der Waals surface area contributed by atoms with E-state index in [9.17, 15) is 5.11 Å². The van der Waals surface area contributed by atoms with Crippen LogP contribution in [0.4, 0.5) is 5.69 Å². The summed E-state index contributed by atoms with van der Waals surface area (Å²) < 4.78 is 0. The van der Waals surface area contributed by atoms with E-state index in [4.69, 9.17) is 0 Å². The lowest BCUT2D eigenvalue weighted by Crippen LogP contribution is -2.21. The number of pyridine rings is 1. The van der Waals surface area contributed by atoms with Gasteiger partial charge in [-0.1, -0.05) is 6.92 Å². The number of aromatic nitrogens is 1. The molecule has 1 atom stereocenters. The van der Waals surface area contributed by atoms with Gasteiger partial charge in [0.2, 0.25) is 0 Å². The van der Waals surface area contributed by atoms with Crippen LogP contribution in [0.25, 0.3) is 0 Å². The average molecular weight is 208 g/mol. The highest BCUT2D eigenvalue weighted by Gasteiger charge is 2.07. The van der Waals surface area contributed by atoms with E-state index in [1.54, 1.807) is 0 Å². The molecule has 0 aliphatic carbocycles. The van der Waals surface area contributed by atoms with Crippen LogP contribution in [0.5, 0.6) is 0 Å². The number of hydrogen-bond acceptors (Lipinski definition) is 3. The van der Waals surface area contributed by atoms with Crippen molar-refractivity contribution in [1.29, 1.82) is 0 Å². The van der Waals surface area contributed by atoms with Crippen LogP contribution >= 0.6 is 0 Å². The van der Waals surface area contributed by atoms with Crippen molar-refractivity contribution in [2.45, 2.75) is 33.3 Å². The normalized spacial score (nSPS) is 12.5. The second kappa shape index (κ2) is 5.71. The molecule has 1 aromatic heterocycles. The van der Waals surface area contributed by atoms with Crippen LogP contribution in [0.15, 0.2) is 18.3 Å². The third-order valence-electron chi connectivity index (χ3n) is 2.63. The van der Waals surface area contributed by atoms with Crippen LogP contribution in [0, 0.1) is 0 Å². The van der Waals surface area contributed by atoms with Crippen LogP contribution in [-0.4, -0.2) is 23.2 Å². The van der Waals surface area contributed by atoms with Crippen molar-refractivity contribution in [3.8, 4) is 0 Å². The summed E-state index contributed by atoms with van der Waals surface area (Å²) in [5, 5.41) is 9.60. The number of aliphatic hydroxyl groups excluding tert-OH is 1. The molecule has 84 valence electrons. The summed E-state index contributed by atoms with van der Waals surface area (Å²) in [5.41, 5.74) is 1.88. The molecule has 0 spiro atoms. The molecule has 1 rings (SSSR count). The Morgan fingerprint density at radius 3 is 2.33 bits per heavy atom. The van der Waals surface area contributed by atoms with Crippen molar-refractivity contribution in [3.63, 3.8) is 0 Å². The van der Waals surface area contributed by atoms with E-state index in [0.717, 1.165) is 24.5 Å². The molecule has 0 amide bonds. The molecule has 0 fully saturated rings. The molecule has 0 radical (unpaired) electrons. The zero-order chi connectivity index (χ0) is 11.3. The highest BCUT2D eigenvalue weighted by Crippen LogP contribution is 2.17. The summed E-state index contributed by atoms with van der Waals surface area (Å²) in [5.74, 6) is 0. The smallest absolute Gasteiger partial charge is 0.0957 e. The monoisotopic (exact) mass is 208 g/mol. The van der Waals surface area contributed by atoms with E-state index in [0.29, 0.717) is 6.42 Å². The molecule has 1 N–H and O–H groups in total. The summed E-state index contributed by atoms with van der Waals surface area (Å²) in [4.78, 5) is 6.51. The Kier molecular flexibility index (Phi) is 4.56. The largest absolute Gasteiger partial charge is 0.387 e. The van der Waals surface area contributed by atoms with E-state index in [2.05, 4.69) is 23.7 Å². The fourth-order valence-corrected chi connectivity index (χ4v) is 1.58. The Balaban J connectivity index is 2.79. The van der Waals surface area contributed by atoms with Crippen molar-refractivity contribution in [3.05, 3.63) is 24.0 Å². The van der Waals surface area contributed by atoms with E-state index < -0.39 is 6.10 Å². The van der Waals surface area contributed by atoms with Crippen molar-refractivity contribution < 1.29 is 5.11 Å². The lowest BCUT2D eigenvalue weighted by Gasteiger charge is -2.20. The molecule has 15 heavy (non-hydrogen) atoms. The van der Waals surface area contributed by atoms with E-state index in [-0.39, 0.29) is 0 Å². The molecule has 3 heteroatoms. The van der Waals surface area contributed by atoms with Crippen LogP contribution in [0.2, 0.25) is 0 Å². The third kappa shape index (κ3) is 2.93. The molecule has 3 nitrogen and oxygen atoms in total. The summed E-state index contributed by atoms with van der Waals surface area (Å²) in [6.45, 7) is 8.16. The van der Waals surface area contributed by atoms with Gasteiger partial charge in [0, 0.05) is 13.1 Å². The maximum Gasteiger partial charge on any atom is 0.0957 e. The first kappa shape index (κ1) is 12.0.